The standard InChI is InChI=1S/C17H27NO4S/c1-12-7-8-16(13(2)11-12)22-10-9-17(19)18(5)14(3)15(4)23(6,20)21/h7-8,11,14-15H,9-10H2,1-6H3/t14-,15-/m0/s1. The molecular weight excluding hydrogens is 314 g/mol. The lowest BCUT2D eigenvalue weighted by Crippen LogP contribution is -2.44. The van der Waals surface area contributed by atoms with E-state index in [-0.39, 0.29) is 25.0 Å². The molecule has 130 valence electrons. The van der Waals surface area contributed by atoms with Crippen LogP contribution in [0.3, 0.4) is 0 Å². The van der Waals surface area contributed by atoms with Crippen LogP contribution in [0.5, 0.6) is 5.75 Å². The zero-order valence-electron chi connectivity index (χ0n) is 14.8. The summed E-state index contributed by atoms with van der Waals surface area (Å²) in [5, 5.41) is -0.600. The molecule has 0 saturated carbocycles. The first-order chi connectivity index (χ1) is 10.5. The summed E-state index contributed by atoms with van der Waals surface area (Å²) in [6.07, 6.45) is 1.40. The van der Waals surface area contributed by atoms with Gasteiger partial charge in [0.05, 0.1) is 18.3 Å². The highest BCUT2D eigenvalue weighted by Gasteiger charge is 2.27. The highest BCUT2D eigenvalue weighted by molar-refractivity contribution is 7.91. The van der Waals surface area contributed by atoms with Crippen molar-refractivity contribution in [2.45, 2.75) is 45.4 Å². The second-order valence-corrected chi connectivity index (χ2v) is 8.55. The molecule has 0 unspecified atom stereocenters. The second-order valence-electron chi connectivity index (χ2n) is 6.15. The monoisotopic (exact) mass is 341 g/mol. The van der Waals surface area contributed by atoms with Gasteiger partial charge >= 0.3 is 0 Å². The summed E-state index contributed by atoms with van der Waals surface area (Å²) in [5.74, 6) is 0.640. The molecule has 0 heterocycles. The molecule has 0 N–H and O–H groups in total. The minimum absolute atomic E-state index is 0.127. The number of rotatable bonds is 7. The van der Waals surface area contributed by atoms with Crippen LogP contribution < -0.4 is 4.74 Å². The number of carbonyl (C=O) groups excluding carboxylic acids is 1. The molecule has 23 heavy (non-hydrogen) atoms. The molecule has 0 fully saturated rings. The van der Waals surface area contributed by atoms with E-state index in [1.54, 1.807) is 20.9 Å². The molecule has 0 aliphatic rings. The third-order valence-electron chi connectivity index (χ3n) is 4.26. The molecule has 0 radical (unpaired) electrons. The zero-order chi connectivity index (χ0) is 17.8. The highest BCUT2D eigenvalue weighted by Crippen LogP contribution is 2.19. The summed E-state index contributed by atoms with van der Waals surface area (Å²) < 4.78 is 28.9. The Morgan fingerprint density at radius 1 is 1.26 bits per heavy atom. The number of amides is 1. The van der Waals surface area contributed by atoms with Crippen LogP contribution in [0.4, 0.5) is 0 Å². The van der Waals surface area contributed by atoms with E-state index >= 15 is 0 Å². The third kappa shape index (κ3) is 5.53. The van der Waals surface area contributed by atoms with E-state index in [4.69, 9.17) is 4.74 Å². The van der Waals surface area contributed by atoms with E-state index in [1.165, 1.54) is 11.2 Å². The summed E-state index contributed by atoms with van der Waals surface area (Å²) in [6.45, 7) is 7.61. The van der Waals surface area contributed by atoms with E-state index in [1.807, 2.05) is 32.0 Å². The molecule has 0 aliphatic carbocycles. The normalized spacial score (nSPS) is 14.2. The van der Waals surface area contributed by atoms with Crippen molar-refractivity contribution < 1.29 is 17.9 Å². The molecule has 0 bridgehead atoms. The van der Waals surface area contributed by atoms with Gasteiger partial charge in [0.25, 0.3) is 0 Å². The van der Waals surface area contributed by atoms with Crippen molar-refractivity contribution >= 4 is 15.7 Å². The number of ether oxygens (including phenoxy) is 1. The minimum atomic E-state index is -3.18. The molecule has 6 heteroatoms. The summed E-state index contributed by atoms with van der Waals surface area (Å²) in [5.41, 5.74) is 2.19. The van der Waals surface area contributed by atoms with E-state index in [0.29, 0.717) is 0 Å². The fourth-order valence-corrected chi connectivity index (χ4v) is 3.18. The zero-order valence-corrected chi connectivity index (χ0v) is 15.6. The maximum atomic E-state index is 12.2. The number of hydrogen-bond donors (Lipinski definition) is 0. The predicted octanol–water partition coefficient (Wildman–Crippen LogP) is 2.35. The Morgan fingerprint density at radius 3 is 2.39 bits per heavy atom. The molecular formula is C17H27NO4S. The van der Waals surface area contributed by atoms with Crippen LogP contribution >= 0.6 is 0 Å². The Balaban J connectivity index is 2.56. The minimum Gasteiger partial charge on any atom is -0.493 e. The van der Waals surface area contributed by atoms with Gasteiger partial charge in [-0.05, 0) is 39.3 Å². The van der Waals surface area contributed by atoms with Crippen molar-refractivity contribution in [3.8, 4) is 5.75 Å². The maximum absolute atomic E-state index is 12.2. The quantitative estimate of drug-likeness (QED) is 0.764. The number of benzene rings is 1. The number of nitrogens with zero attached hydrogens (tertiary/aromatic N) is 1. The summed E-state index contributed by atoms with van der Waals surface area (Å²) in [4.78, 5) is 13.7. The topological polar surface area (TPSA) is 63.7 Å². The molecule has 1 amide bonds. The molecule has 1 aromatic carbocycles. The first-order valence-electron chi connectivity index (χ1n) is 7.68. The fraction of sp³-hybridized carbons (Fsp3) is 0.588. The second kappa shape index (κ2) is 7.81. The first-order valence-corrected chi connectivity index (χ1v) is 9.64. The average Bonchev–Trinajstić information content (AvgIpc) is 2.46. The van der Waals surface area contributed by atoms with Crippen molar-refractivity contribution in [1.82, 2.24) is 4.90 Å². The summed E-state index contributed by atoms with van der Waals surface area (Å²) in [7, 11) is -1.55. The van der Waals surface area contributed by atoms with Gasteiger partial charge in [0.1, 0.15) is 5.75 Å². The van der Waals surface area contributed by atoms with Gasteiger partial charge < -0.3 is 9.64 Å². The molecule has 5 nitrogen and oxygen atoms in total. The number of aryl methyl sites for hydroxylation is 2. The first kappa shape index (κ1) is 19.5. The Morgan fingerprint density at radius 2 is 1.87 bits per heavy atom. The van der Waals surface area contributed by atoms with E-state index in [9.17, 15) is 13.2 Å². The predicted molar refractivity (Wildman–Crippen MR) is 92.6 cm³/mol. The molecule has 0 saturated heterocycles. The molecule has 0 aliphatic heterocycles. The van der Waals surface area contributed by atoms with Gasteiger partial charge in [-0.1, -0.05) is 17.7 Å². The van der Waals surface area contributed by atoms with E-state index < -0.39 is 15.1 Å². The lowest BCUT2D eigenvalue weighted by molar-refractivity contribution is -0.132. The van der Waals surface area contributed by atoms with Gasteiger partial charge in [0.15, 0.2) is 9.84 Å². The molecule has 0 aromatic heterocycles. The van der Waals surface area contributed by atoms with E-state index in [2.05, 4.69) is 0 Å². The number of sulfone groups is 1. The Labute approximate surface area is 139 Å². The highest BCUT2D eigenvalue weighted by atomic mass is 32.2. The Kier molecular flexibility index (Phi) is 6.62. The molecule has 0 spiro atoms. The van der Waals surface area contributed by atoms with Gasteiger partial charge in [-0.2, -0.15) is 0 Å². The van der Waals surface area contributed by atoms with Crippen LogP contribution in [0.25, 0.3) is 0 Å². The largest absolute Gasteiger partial charge is 0.493 e. The fourth-order valence-electron chi connectivity index (χ4n) is 2.29. The lowest BCUT2D eigenvalue weighted by Gasteiger charge is -2.29. The number of carbonyl (C=O) groups is 1. The van der Waals surface area contributed by atoms with Gasteiger partial charge in [-0.15, -0.1) is 0 Å². The van der Waals surface area contributed by atoms with Crippen LogP contribution in [0, 0.1) is 13.8 Å². The smallest absolute Gasteiger partial charge is 0.226 e. The van der Waals surface area contributed by atoms with E-state index in [0.717, 1.165) is 16.9 Å². The Hall–Kier alpha value is -1.56. The van der Waals surface area contributed by atoms with Crippen LogP contribution in [-0.4, -0.2) is 50.4 Å². The number of hydrogen-bond acceptors (Lipinski definition) is 4. The third-order valence-corrected chi connectivity index (χ3v) is 6.01. The van der Waals surface area contributed by atoms with Crippen LogP contribution in [0.1, 0.15) is 31.4 Å². The Bertz CT molecular complexity index is 655. The average molecular weight is 341 g/mol. The lowest BCUT2D eigenvalue weighted by atomic mass is 10.1. The molecule has 1 aromatic rings. The van der Waals surface area contributed by atoms with Crippen molar-refractivity contribution in [2.75, 3.05) is 19.9 Å². The van der Waals surface area contributed by atoms with Gasteiger partial charge in [0, 0.05) is 19.3 Å². The van der Waals surface area contributed by atoms with Crippen LogP contribution in [0.2, 0.25) is 0 Å². The van der Waals surface area contributed by atoms with Crippen molar-refractivity contribution in [3.05, 3.63) is 29.3 Å². The van der Waals surface area contributed by atoms with Crippen LogP contribution in [-0.2, 0) is 14.6 Å². The van der Waals surface area contributed by atoms with Gasteiger partial charge in [0.2, 0.25) is 5.91 Å². The molecule has 1 rings (SSSR count). The van der Waals surface area contributed by atoms with Gasteiger partial charge in [-0.3, -0.25) is 4.79 Å². The van der Waals surface area contributed by atoms with Crippen molar-refractivity contribution in [3.63, 3.8) is 0 Å². The molecule has 2 atom stereocenters. The summed E-state index contributed by atoms with van der Waals surface area (Å²) >= 11 is 0. The summed E-state index contributed by atoms with van der Waals surface area (Å²) in [6, 6.07) is 5.51. The van der Waals surface area contributed by atoms with Crippen molar-refractivity contribution in [1.29, 1.82) is 0 Å². The SMILES string of the molecule is Cc1ccc(OCCC(=O)N(C)[C@@H](C)[C@H](C)S(C)(=O)=O)c(C)c1. The van der Waals surface area contributed by atoms with Crippen LogP contribution in [0.15, 0.2) is 18.2 Å². The maximum Gasteiger partial charge on any atom is 0.226 e. The van der Waals surface area contributed by atoms with Gasteiger partial charge in [-0.25, -0.2) is 8.42 Å². The van der Waals surface area contributed by atoms with Crippen molar-refractivity contribution in [2.24, 2.45) is 0 Å².